The van der Waals surface area contributed by atoms with Crippen molar-refractivity contribution in [1.82, 2.24) is 10.2 Å². The Morgan fingerprint density at radius 1 is 1.60 bits per heavy atom. The minimum atomic E-state index is 0.554. The number of hydrogen-bond donors (Lipinski definition) is 3. The van der Waals surface area contributed by atoms with Gasteiger partial charge in [0, 0.05) is 37.1 Å². The van der Waals surface area contributed by atoms with Gasteiger partial charge in [0.25, 0.3) is 0 Å². The Kier molecular flexibility index (Phi) is 5.17. The molecule has 4 N–H and O–H groups in total. The fourth-order valence-electron chi connectivity index (χ4n) is 2.35. The van der Waals surface area contributed by atoms with E-state index in [-0.39, 0.29) is 0 Å². The molecule has 0 bridgehead atoms. The first-order valence-electron chi connectivity index (χ1n) is 6.83. The predicted molar refractivity (Wildman–Crippen MR) is 83.9 cm³/mol. The van der Waals surface area contributed by atoms with E-state index in [1.165, 1.54) is 21.5 Å². The molecule has 0 saturated carbocycles. The first-order valence-corrected chi connectivity index (χ1v) is 7.64. The van der Waals surface area contributed by atoms with Crippen LogP contribution in [0.25, 0.3) is 5.70 Å². The van der Waals surface area contributed by atoms with Gasteiger partial charge in [-0.3, -0.25) is 4.90 Å². The Balaban J connectivity index is 2.23. The fourth-order valence-corrected chi connectivity index (χ4v) is 3.48. The van der Waals surface area contributed by atoms with Crippen LogP contribution in [-0.2, 0) is 17.9 Å². The summed E-state index contributed by atoms with van der Waals surface area (Å²) in [6, 6.07) is 2.21. The van der Waals surface area contributed by atoms with Crippen molar-refractivity contribution in [1.29, 1.82) is 5.41 Å². The highest BCUT2D eigenvalue weighted by Gasteiger charge is 2.21. The van der Waals surface area contributed by atoms with Crippen LogP contribution in [0.1, 0.15) is 22.2 Å². The van der Waals surface area contributed by atoms with E-state index in [2.05, 4.69) is 23.2 Å². The number of nitrogens with two attached hydrogens (primary N) is 1. The molecule has 0 fully saturated rings. The molecule has 2 heterocycles. The summed E-state index contributed by atoms with van der Waals surface area (Å²) in [5.74, 6) is 0.610. The highest BCUT2D eigenvalue weighted by atomic mass is 32.1. The van der Waals surface area contributed by atoms with Crippen molar-refractivity contribution in [2.24, 2.45) is 5.73 Å². The van der Waals surface area contributed by atoms with Crippen molar-refractivity contribution in [2.75, 3.05) is 26.7 Å². The minimum absolute atomic E-state index is 0.554. The van der Waals surface area contributed by atoms with E-state index >= 15 is 0 Å². The lowest BCUT2D eigenvalue weighted by Crippen LogP contribution is -2.28. The molecule has 1 aromatic heterocycles. The first kappa shape index (κ1) is 15.0. The van der Waals surface area contributed by atoms with Crippen molar-refractivity contribution in [3.05, 3.63) is 27.1 Å². The molecule has 0 unspecified atom stereocenters. The van der Waals surface area contributed by atoms with Crippen LogP contribution in [0.4, 0.5) is 0 Å². The third-order valence-electron chi connectivity index (χ3n) is 3.39. The Bertz CT molecular complexity index is 509. The average Bonchev–Trinajstić information content (AvgIpc) is 2.87. The highest BCUT2D eigenvalue weighted by Crippen LogP contribution is 2.34. The maximum atomic E-state index is 7.41. The summed E-state index contributed by atoms with van der Waals surface area (Å²) in [5.41, 5.74) is 7.71. The standard InChI is InChI=1S/C14H22N4OS/c1-3-18(5-4-15)8-10-6-11-13(20-10)9-19-12(7-16)14(11)17-2/h6-7,16-17H,3-5,8-9,15H2,1-2H3. The number of ether oxygens (including phenoxy) is 1. The van der Waals surface area contributed by atoms with Crippen LogP contribution < -0.4 is 11.1 Å². The van der Waals surface area contributed by atoms with E-state index < -0.39 is 0 Å². The van der Waals surface area contributed by atoms with Gasteiger partial charge in [0.05, 0.1) is 16.8 Å². The van der Waals surface area contributed by atoms with Crippen LogP contribution in [0, 0.1) is 5.41 Å². The normalized spacial score (nSPS) is 14.2. The predicted octanol–water partition coefficient (Wildman–Crippen LogP) is 1.60. The number of thiophene rings is 1. The molecule has 6 heteroatoms. The van der Waals surface area contributed by atoms with Crippen molar-refractivity contribution in [2.45, 2.75) is 20.1 Å². The van der Waals surface area contributed by atoms with Crippen LogP contribution in [0.3, 0.4) is 0 Å². The molecular weight excluding hydrogens is 272 g/mol. The van der Waals surface area contributed by atoms with Gasteiger partial charge >= 0.3 is 0 Å². The van der Waals surface area contributed by atoms with Gasteiger partial charge in [0.15, 0.2) is 5.76 Å². The molecule has 0 radical (unpaired) electrons. The van der Waals surface area contributed by atoms with Crippen LogP contribution in [0.2, 0.25) is 0 Å². The van der Waals surface area contributed by atoms with Gasteiger partial charge in [-0.05, 0) is 12.6 Å². The van der Waals surface area contributed by atoms with E-state index in [1.54, 1.807) is 11.3 Å². The fraction of sp³-hybridized carbons (Fsp3) is 0.500. The summed E-state index contributed by atoms with van der Waals surface area (Å²) >= 11 is 1.78. The Morgan fingerprint density at radius 2 is 2.40 bits per heavy atom. The number of likely N-dealkylation sites (N-methyl/N-ethyl adjacent to an activating group) is 1. The monoisotopic (exact) mass is 294 g/mol. The minimum Gasteiger partial charge on any atom is -0.484 e. The smallest absolute Gasteiger partial charge is 0.161 e. The summed E-state index contributed by atoms with van der Waals surface area (Å²) in [5, 5.41) is 10.6. The summed E-state index contributed by atoms with van der Waals surface area (Å²) in [6.07, 6.45) is 1.26. The summed E-state index contributed by atoms with van der Waals surface area (Å²) < 4.78 is 5.60. The quantitative estimate of drug-likeness (QED) is 0.668. The molecule has 5 nitrogen and oxygen atoms in total. The van der Waals surface area contributed by atoms with Crippen LogP contribution in [0.5, 0.6) is 0 Å². The zero-order chi connectivity index (χ0) is 14.5. The molecule has 0 amide bonds. The third-order valence-corrected chi connectivity index (χ3v) is 4.48. The summed E-state index contributed by atoms with van der Waals surface area (Å²) in [6.45, 7) is 6.22. The van der Waals surface area contributed by atoms with Crippen molar-refractivity contribution in [3.8, 4) is 0 Å². The number of nitrogens with zero attached hydrogens (tertiary/aromatic N) is 1. The molecule has 0 atom stereocenters. The van der Waals surface area contributed by atoms with Crippen LogP contribution >= 0.6 is 11.3 Å². The lowest BCUT2D eigenvalue weighted by Gasteiger charge is -2.18. The molecule has 20 heavy (non-hydrogen) atoms. The molecule has 110 valence electrons. The summed E-state index contributed by atoms with van der Waals surface area (Å²) in [7, 11) is 1.86. The molecule has 0 aliphatic carbocycles. The van der Waals surface area contributed by atoms with Gasteiger partial charge in [-0.25, -0.2) is 0 Å². The maximum absolute atomic E-state index is 7.41. The van der Waals surface area contributed by atoms with Gasteiger partial charge in [-0.1, -0.05) is 6.92 Å². The molecule has 0 saturated heterocycles. The Labute approximate surface area is 123 Å². The summed E-state index contributed by atoms with van der Waals surface area (Å²) in [4.78, 5) is 4.87. The first-order chi connectivity index (χ1) is 9.73. The van der Waals surface area contributed by atoms with Crippen LogP contribution in [-0.4, -0.2) is 37.8 Å². The van der Waals surface area contributed by atoms with Gasteiger partial charge in [-0.2, -0.15) is 0 Å². The molecule has 1 aromatic rings. The number of hydrogen-bond acceptors (Lipinski definition) is 6. The van der Waals surface area contributed by atoms with E-state index in [9.17, 15) is 0 Å². The molecular formula is C14H22N4OS. The third kappa shape index (κ3) is 3.03. The molecule has 0 aromatic carbocycles. The number of rotatable bonds is 7. The zero-order valence-corrected chi connectivity index (χ0v) is 12.8. The van der Waals surface area contributed by atoms with Crippen molar-refractivity contribution >= 4 is 23.2 Å². The Hall–Kier alpha value is -1.37. The maximum Gasteiger partial charge on any atom is 0.161 e. The average molecular weight is 294 g/mol. The van der Waals surface area contributed by atoms with Gasteiger partial charge in [0.2, 0.25) is 0 Å². The van der Waals surface area contributed by atoms with Gasteiger partial charge < -0.3 is 21.2 Å². The number of nitrogens with one attached hydrogen (secondary N) is 2. The second kappa shape index (κ2) is 6.88. The highest BCUT2D eigenvalue weighted by molar-refractivity contribution is 7.12. The lowest BCUT2D eigenvalue weighted by atomic mass is 10.1. The van der Waals surface area contributed by atoms with Crippen molar-refractivity contribution in [3.63, 3.8) is 0 Å². The van der Waals surface area contributed by atoms with E-state index in [0.717, 1.165) is 25.3 Å². The topological polar surface area (TPSA) is 74.4 Å². The van der Waals surface area contributed by atoms with Gasteiger partial charge in [-0.15, -0.1) is 11.3 Å². The van der Waals surface area contributed by atoms with Gasteiger partial charge in [0.1, 0.15) is 6.61 Å². The molecule has 1 aliphatic heterocycles. The number of fused-ring (bicyclic) bond motifs is 1. The van der Waals surface area contributed by atoms with Crippen LogP contribution in [0.15, 0.2) is 11.8 Å². The second-order valence-corrected chi connectivity index (χ2v) is 5.85. The van der Waals surface area contributed by atoms with E-state index in [4.69, 9.17) is 15.9 Å². The molecule has 1 aliphatic rings. The molecule has 0 spiro atoms. The zero-order valence-electron chi connectivity index (χ0n) is 12.0. The van der Waals surface area contributed by atoms with E-state index in [1.807, 2.05) is 7.05 Å². The molecule has 2 rings (SSSR count). The largest absolute Gasteiger partial charge is 0.484 e. The van der Waals surface area contributed by atoms with E-state index in [0.29, 0.717) is 18.9 Å². The second-order valence-electron chi connectivity index (χ2n) is 4.63. The van der Waals surface area contributed by atoms with Crippen molar-refractivity contribution < 1.29 is 4.74 Å². The SMILES string of the molecule is CCN(CCN)Cc1cc2c(s1)COC(C=N)=C2NC. The Morgan fingerprint density at radius 3 is 3.00 bits per heavy atom. The number of allylic oxidation sites excluding steroid dienone is 1. The lowest BCUT2D eigenvalue weighted by molar-refractivity contribution is 0.217.